The Morgan fingerprint density at radius 1 is 0.279 bits per heavy atom. The SMILES string of the molecule is CC(C)C1(C)c2ccc(-c3nc(-c4ccccn4)cc(-c4cccc5c4sc4ccccc45)n3)cc2-c2c1ccc1oc3ccccc3c21.CC1(c2ccccc2)c2cc3oc4ccccc4c3cc2-c2cccc(-c3nc4ccccc4c4ccccc34)c21.c1ccc(C2(c3ccccc3)c3cc(-c4ncc5c6ccccc6c6ccccc6c5n4)ccc3-c3cc4c(cc32)oc2ccccc24)cc1. The first kappa shape index (κ1) is 81.0. The van der Waals surface area contributed by atoms with Crippen LogP contribution in [0.1, 0.15) is 77.8 Å². The van der Waals surface area contributed by atoms with Crippen LogP contribution in [0.5, 0.6) is 0 Å². The molecule has 0 aliphatic heterocycles. The van der Waals surface area contributed by atoms with Crippen LogP contribution >= 0.6 is 11.3 Å². The predicted octanol–water partition coefficient (Wildman–Crippen LogP) is 34.2. The third-order valence-electron chi connectivity index (χ3n) is 30.6. The molecule has 30 rings (SSSR count). The summed E-state index contributed by atoms with van der Waals surface area (Å²) in [5.41, 5.74) is 32.8. The van der Waals surface area contributed by atoms with Gasteiger partial charge in [-0.15, -0.1) is 11.3 Å². The molecule has 9 nitrogen and oxygen atoms in total. The van der Waals surface area contributed by atoms with E-state index in [1.54, 1.807) is 0 Å². The first-order valence-electron chi connectivity index (χ1n) is 48.0. The first-order chi connectivity index (χ1) is 69.0. The van der Waals surface area contributed by atoms with E-state index in [9.17, 15) is 0 Å². The van der Waals surface area contributed by atoms with E-state index in [0.29, 0.717) is 17.6 Å². The van der Waals surface area contributed by atoms with Gasteiger partial charge in [0.25, 0.3) is 0 Å². The van der Waals surface area contributed by atoms with Crippen LogP contribution < -0.4 is 0 Å². The van der Waals surface area contributed by atoms with Gasteiger partial charge in [-0.05, 0) is 209 Å². The zero-order chi connectivity index (χ0) is 92.8. The van der Waals surface area contributed by atoms with Gasteiger partial charge >= 0.3 is 0 Å². The maximum atomic E-state index is 6.52. The van der Waals surface area contributed by atoms with Crippen LogP contribution in [0.15, 0.2) is 444 Å². The fourth-order valence-electron chi connectivity index (χ4n) is 23.8. The molecule has 0 saturated carbocycles. The van der Waals surface area contributed by atoms with Crippen molar-refractivity contribution in [1.29, 1.82) is 0 Å². The lowest BCUT2D eigenvalue weighted by Gasteiger charge is -2.34. The lowest BCUT2D eigenvalue weighted by Crippen LogP contribution is -2.28. The molecular formula is C130H84N6O3S. The highest BCUT2D eigenvalue weighted by Crippen LogP contribution is 2.62. The second kappa shape index (κ2) is 31.3. The Bertz CT molecular complexity index is 9800. The van der Waals surface area contributed by atoms with E-state index in [1.165, 1.54) is 147 Å². The Morgan fingerprint density at radius 3 is 1.49 bits per heavy atom. The number of hydrogen-bond acceptors (Lipinski definition) is 10. The Hall–Kier alpha value is -17.4. The molecule has 0 spiro atoms. The highest BCUT2D eigenvalue weighted by Gasteiger charge is 2.49. The second-order valence-corrected chi connectivity index (χ2v) is 39.1. The van der Waals surface area contributed by atoms with Crippen LogP contribution in [-0.2, 0) is 16.2 Å². The lowest BCUT2D eigenvalue weighted by molar-refractivity contribution is 0.414. The minimum absolute atomic E-state index is 0.158. The Labute approximate surface area is 809 Å². The largest absolute Gasteiger partial charge is 0.456 e. The molecular weight excluding hydrogens is 1730 g/mol. The molecule has 658 valence electrons. The fourth-order valence-corrected chi connectivity index (χ4v) is 25.1. The molecule has 10 heteroatoms. The van der Waals surface area contributed by atoms with Crippen LogP contribution in [-0.4, -0.2) is 29.9 Å². The molecule has 27 aromatic rings. The highest BCUT2D eigenvalue weighted by atomic mass is 32.1. The molecule has 3 aliphatic rings. The van der Waals surface area contributed by atoms with E-state index in [-0.39, 0.29) is 5.41 Å². The average molecular weight is 1810 g/mol. The van der Waals surface area contributed by atoms with Gasteiger partial charge in [0.05, 0.1) is 39.2 Å². The van der Waals surface area contributed by atoms with Gasteiger partial charge in [-0.3, -0.25) is 4.98 Å². The maximum Gasteiger partial charge on any atom is 0.160 e. The van der Waals surface area contributed by atoms with Crippen LogP contribution in [0.2, 0.25) is 0 Å². The van der Waals surface area contributed by atoms with E-state index in [2.05, 4.69) is 410 Å². The van der Waals surface area contributed by atoms with Gasteiger partial charge < -0.3 is 13.3 Å². The highest BCUT2D eigenvalue weighted by molar-refractivity contribution is 7.26. The molecule has 8 heterocycles. The van der Waals surface area contributed by atoms with Crippen molar-refractivity contribution in [2.45, 2.75) is 43.9 Å². The van der Waals surface area contributed by atoms with E-state index >= 15 is 0 Å². The van der Waals surface area contributed by atoms with E-state index < -0.39 is 10.8 Å². The number of furan rings is 3. The summed E-state index contributed by atoms with van der Waals surface area (Å²) < 4.78 is 21.8. The van der Waals surface area contributed by atoms with Crippen molar-refractivity contribution in [2.75, 3.05) is 0 Å². The van der Waals surface area contributed by atoms with Gasteiger partial charge in [-0.1, -0.05) is 348 Å². The van der Waals surface area contributed by atoms with E-state index in [0.717, 1.165) is 122 Å². The number of rotatable bonds is 9. The maximum absolute atomic E-state index is 6.52. The van der Waals surface area contributed by atoms with Crippen molar-refractivity contribution in [3.63, 3.8) is 0 Å². The molecule has 2 unspecified atom stereocenters. The minimum atomic E-state index is -0.587. The van der Waals surface area contributed by atoms with Crippen molar-refractivity contribution >= 4 is 151 Å². The molecule has 19 aromatic carbocycles. The zero-order valence-electron chi connectivity index (χ0n) is 76.9. The molecule has 2 atom stereocenters. The summed E-state index contributed by atoms with van der Waals surface area (Å²) in [5, 5.41) is 18.8. The molecule has 0 amide bonds. The molecule has 0 bridgehead atoms. The van der Waals surface area contributed by atoms with Crippen LogP contribution in [0.25, 0.3) is 230 Å². The Balaban J connectivity index is 0.000000104. The van der Waals surface area contributed by atoms with Gasteiger partial charge in [-0.25, -0.2) is 24.9 Å². The van der Waals surface area contributed by atoms with Gasteiger partial charge in [0.15, 0.2) is 11.6 Å². The van der Waals surface area contributed by atoms with Crippen molar-refractivity contribution < 1.29 is 13.3 Å². The van der Waals surface area contributed by atoms with Crippen molar-refractivity contribution in [2.24, 2.45) is 5.92 Å². The second-order valence-electron chi connectivity index (χ2n) is 38.1. The fraction of sp³-hybridized carbons (Fsp3) is 0.0615. The van der Waals surface area contributed by atoms with Crippen molar-refractivity contribution in [3.05, 3.63) is 481 Å². The number of nitrogens with zero attached hydrogens (tertiary/aromatic N) is 6. The number of pyridine rings is 2. The number of benzene rings is 19. The standard InChI is InChI=1S/C47H28N2O.C44H31N3OS.C39H25NO/c1-3-13-30(14-4-1)47(31-15-5-2-6-16-31)41-25-29(23-24-35(41)38-26-39-36-20-11-12-22-43(36)50-44(39)27-42(38)47)46-48-28-40-34-19-8-7-17-32(34)33-18-9-10-21-37(33)45(40)49-46;1-25(2)44(3)32-19-18-26(23-31(32)40-33(44)20-21-38-41(40)30-12-4-6-16-37(30)48-38)43-46-35(24-36(47-43)34-15-8-9-22-45-34)29-14-10-13-28-27-11-5-7-17-39(27)49-42(28)29;1-39(24-12-3-2-4-13-24)33-23-36-32(27-16-8-10-21-35(27)41-36)22-31(33)28-18-11-19-30(37(28)39)38-29-17-6-5-14-25(29)26-15-7-9-20-34(26)40-38/h1-28H;4-25H,1-3H3;2-23H,1H3. The van der Waals surface area contributed by atoms with Crippen LogP contribution in [0, 0.1) is 5.92 Å². The molecule has 8 aromatic heterocycles. The zero-order valence-corrected chi connectivity index (χ0v) is 77.7. The normalized spacial score (nSPS) is 14.9. The summed E-state index contributed by atoms with van der Waals surface area (Å²) in [4.78, 5) is 30.9. The van der Waals surface area contributed by atoms with Crippen molar-refractivity contribution in [3.8, 4) is 90.1 Å². The summed E-state index contributed by atoms with van der Waals surface area (Å²) in [6.07, 6.45) is 3.83. The smallest absolute Gasteiger partial charge is 0.160 e. The summed E-state index contributed by atoms with van der Waals surface area (Å²) in [5.74, 6) is 1.78. The van der Waals surface area contributed by atoms with Gasteiger partial charge in [0.1, 0.15) is 33.5 Å². The predicted molar refractivity (Wildman–Crippen MR) is 577 cm³/mol. The third kappa shape index (κ3) is 12.0. The summed E-state index contributed by atoms with van der Waals surface area (Å²) >= 11 is 1.82. The quantitative estimate of drug-likeness (QED) is 0.130. The van der Waals surface area contributed by atoms with E-state index in [1.807, 2.05) is 60.1 Å². The Kier molecular flexibility index (Phi) is 18.1. The molecule has 140 heavy (non-hydrogen) atoms. The number of aromatic nitrogens is 6. The Morgan fingerprint density at radius 2 is 0.793 bits per heavy atom. The van der Waals surface area contributed by atoms with Crippen LogP contribution in [0.3, 0.4) is 0 Å². The minimum Gasteiger partial charge on any atom is -0.456 e. The lowest BCUT2D eigenvalue weighted by atomic mass is 9.67. The number of hydrogen-bond donors (Lipinski definition) is 0. The molecule has 0 fully saturated rings. The monoisotopic (exact) mass is 1810 g/mol. The summed E-state index contributed by atoms with van der Waals surface area (Å²) in [6, 6.07) is 149. The average Bonchev–Trinajstić information content (AvgIpc) is 1.53. The van der Waals surface area contributed by atoms with Gasteiger partial charge in [0.2, 0.25) is 0 Å². The van der Waals surface area contributed by atoms with Crippen molar-refractivity contribution in [1.82, 2.24) is 29.9 Å². The number of para-hydroxylation sites is 4. The molecule has 0 saturated heterocycles. The molecule has 0 N–H and O–H groups in total. The summed E-state index contributed by atoms with van der Waals surface area (Å²) in [7, 11) is 0. The number of thiophene rings is 1. The van der Waals surface area contributed by atoms with Crippen LogP contribution in [0.4, 0.5) is 0 Å². The number of fused-ring (bicyclic) bond motifs is 31. The molecule has 3 aliphatic carbocycles. The first-order valence-corrected chi connectivity index (χ1v) is 48.8. The molecule has 0 radical (unpaired) electrons. The van der Waals surface area contributed by atoms with Gasteiger partial charge in [-0.2, -0.15) is 0 Å². The van der Waals surface area contributed by atoms with Gasteiger partial charge in [0, 0.05) is 120 Å². The summed E-state index contributed by atoms with van der Waals surface area (Å²) in [6.45, 7) is 9.40. The van der Waals surface area contributed by atoms with E-state index in [4.69, 9.17) is 43.2 Å². The topological polar surface area (TPSA) is 117 Å². The third-order valence-corrected chi connectivity index (χ3v) is 31.8.